The summed E-state index contributed by atoms with van der Waals surface area (Å²) in [5, 5.41) is 3.41. The van der Waals surface area contributed by atoms with E-state index in [-0.39, 0.29) is 5.91 Å². The second kappa shape index (κ2) is 9.51. The van der Waals surface area contributed by atoms with Crippen LogP contribution in [-0.2, 0) is 11.3 Å². The van der Waals surface area contributed by atoms with E-state index >= 15 is 0 Å². The van der Waals surface area contributed by atoms with Gasteiger partial charge in [-0.15, -0.1) is 0 Å². The number of nitrogens with one attached hydrogen (secondary N) is 1. The van der Waals surface area contributed by atoms with Crippen LogP contribution in [0.4, 0.5) is 0 Å². The Morgan fingerprint density at radius 2 is 2.07 bits per heavy atom. The van der Waals surface area contributed by atoms with Gasteiger partial charge in [0, 0.05) is 19.4 Å². The van der Waals surface area contributed by atoms with E-state index in [1.54, 1.807) is 6.07 Å². The number of carbonyl (C=O) groups is 1. The molecule has 1 aliphatic rings. The SMILES string of the molecule is Cc1cccc(OCCCC(=O)NCc2cc(Cl)c3c(c2)OCCCO3)c1. The first-order valence-corrected chi connectivity index (χ1v) is 9.54. The molecule has 0 saturated carbocycles. The number of benzene rings is 2. The lowest BCUT2D eigenvalue weighted by Crippen LogP contribution is -2.23. The molecule has 0 aliphatic carbocycles. The molecule has 0 bridgehead atoms. The highest BCUT2D eigenvalue weighted by molar-refractivity contribution is 6.32. The summed E-state index contributed by atoms with van der Waals surface area (Å²) >= 11 is 6.27. The summed E-state index contributed by atoms with van der Waals surface area (Å²) < 4.78 is 16.9. The molecular weight excluding hydrogens is 366 g/mol. The summed E-state index contributed by atoms with van der Waals surface area (Å²) in [4.78, 5) is 12.1. The van der Waals surface area contributed by atoms with Crippen molar-refractivity contribution in [3.8, 4) is 17.2 Å². The molecule has 0 unspecified atom stereocenters. The van der Waals surface area contributed by atoms with Crippen LogP contribution in [0, 0.1) is 6.92 Å². The molecule has 3 rings (SSSR count). The molecule has 2 aromatic rings. The van der Waals surface area contributed by atoms with Crippen LogP contribution in [0.15, 0.2) is 36.4 Å². The second-order valence-electron chi connectivity index (χ2n) is 6.50. The Balaban J connectivity index is 1.42. The van der Waals surface area contributed by atoms with Crippen molar-refractivity contribution in [3.05, 3.63) is 52.5 Å². The first-order chi connectivity index (χ1) is 13.1. The van der Waals surface area contributed by atoms with Crippen molar-refractivity contribution in [2.45, 2.75) is 32.7 Å². The molecule has 2 aromatic carbocycles. The standard InChI is InChI=1S/C21H24ClNO4/c1-15-5-2-6-17(11-15)25-8-3-7-20(24)23-14-16-12-18(22)21-19(13-16)26-9-4-10-27-21/h2,5-6,11-13H,3-4,7-10,14H2,1H3,(H,23,24). The first kappa shape index (κ1) is 19.4. The molecule has 0 saturated heterocycles. The van der Waals surface area contributed by atoms with Crippen molar-refractivity contribution in [2.24, 2.45) is 0 Å². The number of carbonyl (C=O) groups excluding carboxylic acids is 1. The zero-order valence-electron chi connectivity index (χ0n) is 15.4. The molecule has 27 heavy (non-hydrogen) atoms. The van der Waals surface area contributed by atoms with Gasteiger partial charge in [0.15, 0.2) is 11.5 Å². The van der Waals surface area contributed by atoms with E-state index in [2.05, 4.69) is 5.32 Å². The molecule has 144 valence electrons. The Kier molecular flexibility index (Phi) is 6.82. The minimum absolute atomic E-state index is 0.0222. The van der Waals surface area contributed by atoms with Crippen molar-refractivity contribution in [1.29, 1.82) is 0 Å². The normalized spacial score (nSPS) is 13.0. The molecule has 0 fully saturated rings. The summed E-state index contributed by atoms with van der Waals surface area (Å²) in [5.74, 6) is 2.02. The molecule has 0 aromatic heterocycles. The fourth-order valence-electron chi connectivity index (χ4n) is 2.80. The van der Waals surface area contributed by atoms with E-state index in [0.29, 0.717) is 55.7 Å². The van der Waals surface area contributed by atoms with Crippen LogP contribution in [-0.4, -0.2) is 25.7 Å². The molecule has 1 N–H and O–H groups in total. The quantitative estimate of drug-likeness (QED) is 0.718. The summed E-state index contributed by atoms with van der Waals surface area (Å²) in [5.41, 5.74) is 2.03. The van der Waals surface area contributed by atoms with Crippen molar-refractivity contribution >= 4 is 17.5 Å². The van der Waals surface area contributed by atoms with E-state index < -0.39 is 0 Å². The summed E-state index contributed by atoms with van der Waals surface area (Å²) in [7, 11) is 0. The van der Waals surface area contributed by atoms with Crippen molar-refractivity contribution < 1.29 is 19.0 Å². The smallest absolute Gasteiger partial charge is 0.220 e. The van der Waals surface area contributed by atoms with Gasteiger partial charge in [0.1, 0.15) is 5.75 Å². The van der Waals surface area contributed by atoms with Gasteiger partial charge >= 0.3 is 0 Å². The molecule has 6 heteroatoms. The van der Waals surface area contributed by atoms with Crippen molar-refractivity contribution in [1.82, 2.24) is 5.32 Å². The fourth-order valence-corrected chi connectivity index (χ4v) is 3.09. The third kappa shape index (κ3) is 5.79. The molecular formula is C21H24ClNO4. The monoisotopic (exact) mass is 389 g/mol. The largest absolute Gasteiger partial charge is 0.494 e. The molecule has 0 atom stereocenters. The number of aryl methyl sites for hydroxylation is 1. The maximum absolute atomic E-state index is 12.1. The van der Waals surface area contributed by atoms with E-state index in [4.69, 9.17) is 25.8 Å². The highest BCUT2D eigenvalue weighted by Gasteiger charge is 2.15. The second-order valence-corrected chi connectivity index (χ2v) is 6.91. The summed E-state index contributed by atoms with van der Waals surface area (Å²) in [6, 6.07) is 11.5. The Morgan fingerprint density at radius 1 is 1.22 bits per heavy atom. The van der Waals surface area contributed by atoms with Crippen LogP contribution in [0.3, 0.4) is 0 Å². The van der Waals surface area contributed by atoms with Gasteiger partial charge in [0.25, 0.3) is 0 Å². The van der Waals surface area contributed by atoms with Crippen LogP contribution < -0.4 is 19.5 Å². The fraction of sp³-hybridized carbons (Fsp3) is 0.381. The van der Waals surface area contributed by atoms with E-state index in [9.17, 15) is 4.79 Å². The van der Waals surface area contributed by atoms with Crippen LogP contribution in [0.25, 0.3) is 0 Å². The van der Waals surface area contributed by atoms with Gasteiger partial charge < -0.3 is 19.5 Å². The predicted molar refractivity (Wildman–Crippen MR) is 105 cm³/mol. The third-order valence-corrected chi connectivity index (χ3v) is 4.44. The average molecular weight is 390 g/mol. The van der Waals surface area contributed by atoms with Gasteiger partial charge in [0.05, 0.1) is 24.8 Å². The van der Waals surface area contributed by atoms with Gasteiger partial charge in [-0.05, 0) is 48.7 Å². The minimum Gasteiger partial charge on any atom is -0.494 e. The predicted octanol–water partition coefficient (Wildman–Crippen LogP) is 4.29. The molecule has 0 radical (unpaired) electrons. The lowest BCUT2D eigenvalue weighted by atomic mass is 10.2. The Hall–Kier alpha value is -2.40. The van der Waals surface area contributed by atoms with E-state index in [0.717, 1.165) is 23.3 Å². The molecule has 1 heterocycles. The van der Waals surface area contributed by atoms with Crippen molar-refractivity contribution in [3.63, 3.8) is 0 Å². The number of ether oxygens (including phenoxy) is 3. The van der Waals surface area contributed by atoms with E-state index in [1.807, 2.05) is 37.3 Å². The van der Waals surface area contributed by atoms with Gasteiger partial charge in [-0.2, -0.15) is 0 Å². The molecule has 5 nitrogen and oxygen atoms in total. The van der Waals surface area contributed by atoms with Crippen LogP contribution in [0.2, 0.25) is 5.02 Å². The lowest BCUT2D eigenvalue weighted by molar-refractivity contribution is -0.121. The highest BCUT2D eigenvalue weighted by Crippen LogP contribution is 2.37. The Bertz CT molecular complexity index is 794. The maximum atomic E-state index is 12.1. The number of amides is 1. The van der Waals surface area contributed by atoms with Crippen LogP contribution in [0.5, 0.6) is 17.2 Å². The molecule has 0 spiro atoms. The number of fused-ring (bicyclic) bond motifs is 1. The van der Waals surface area contributed by atoms with Gasteiger partial charge in [-0.3, -0.25) is 4.79 Å². The van der Waals surface area contributed by atoms with Crippen molar-refractivity contribution in [2.75, 3.05) is 19.8 Å². The molecule has 1 aliphatic heterocycles. The van der Waals surface area contributed by atoms with E-state index in [1.165, 1.54) is 0 Å². The number of halogens is 1. The van der Waals surface area contributed by atoms with Crippen LogP contribution >= 0.6 is 11.6 Å². The van der Waals surface area contributed by atoms with Gasteiger partial charge in [-0.1, -0.05) is 23.7 Å². The molecule has 1 amide bonds. The third-order valence-electron chi connectivity index (χ3n) is 4.16. The lowest BCUT2D eigenvalue weighted by Gasteiger charge is -2.12. The number of hydrogen-bond donors (Lipinski definition) is 1. The Labute approximate surface area is 164 Å². The average Bonchev–Trinajstić information content (AvgIpc) is 2.89. The summed E-state index contributed by atoms with van der Waals surface area (Å²) in [6.07, 6.45) is 1.88. The summed E-state index contributed by atoms with van der Waals surface area (Å²) in [6.45, 7) is 4.11. The van der Waals surface area contributed by atoms with Gasteiger partial charge in [-0.25, -0.2) is 0 Å². The first-order valence-electron chi connectivity index (χ1n) is 9.16. The zero-order valence-corrected chi connectivity index (χ0v) is 16.2. The number of rotatable bonds is 7. The Morgan fingerprint density at radius 3 is 2.93 bits per heavy atom. The maximum Gasteiger partial charge on any atom is 0.220 e. The minimum atomic E-state index is -0.0222. The zero-order chi connectivity index (χ0) is 19.1. The number of hydrogen-bond acceptors (Lipinski definition) is 4. The van der Waals surface area contributed by atoms with Gasteiger partial charge in [0.2, 0.25) is 5.91 Å². The highest BCUT2D eigenvalue weighted by atomic mass is 35.5. The van der Waals surface area contributed by atoms with Crippen LogP contribution in [0.1, 0.15) is 30.4 Å². The topological polar surface area (TPSA) is 56.8 Å².